The largest absolute Gasteiger partial charge is 0.455 e. The fraction of sp³-hybridized carbons (Fsp3) is 1.00. The molecular weight excluding hydrogens is 182 g/mol. The minimum atomic E-state index is -1.06. The molecule has 14 heavy (non-hydrogen) atoms. The van der Waals surface area contributed by atoms with Crippen molar-refractivity contribution >= 4 is 14.2 Å². The monoisotopic (exact) mass is 200 g/mol. The molecule has 0 heterocycles. The van der Waals surface area contributed by atoms with Crippen molar-refractivity contribution in [2.75, 3.05) is 0 Å². The summed E-state index contributed by atoms with van der Waals surface area (Å²) in [5.74, 6) is 1.44. The van der Waals surface area contributed by atoms with E-state index in [4.69, 9.17) is 20.1 Å². The van der Waals surface area contributed by atoms with E-state index < -0.39 is 14.2 Å². The standard InChI is InChI=1S/2C4H9BO2/c2*1-3-2-4(3)5(6)7/h2*3-4,6-7H,2H2,1H3/t2*3-,4+/m10/s1. The van der Waals surface area contributed by atoms with Crippen molar-refractivity contribution in [3.05, 3.63) is 0 Å². The molecule has 0 aromatic heterocycles. The van der Waals surface area contributed by atoms with Gasteiger partial charge in [0.1, 0.15) is 0 Å². The van der Waals surface area contributed by atoms with Gasteiger partial charge in [-0.25, -0.2) is 0 Å². The third kappa shape index (κ3) is 3.61. The minimum Gasteiger partial charge on any atom is -0.427 e. The van der Waals surface area contributed by atoms with Crippen LogP contribution in [-0.2, 0) is 0 Å². The SMILES string of the molecule is C[C@@H]1C[C@@H]1B(O)O.C[C@H]1C[C@H]1B(O)O. The van der Waals surface area contributed by atoms with Crippen molar-refractivity contribution in [2.45, 2.75) is 38.3 Å². The van der Waals surface area contributed by atoms with Crippen LogP contribution in [0, 0.1) is 11.8 Å². The lowest BCUT2D eigenvalue weighted by molar-refractivity contribution is 0.400. The van der Waals surface area contributed by atoms with Gasteiger partial charge in [0.15, 0.2) is 0 Å². The Morgan fingerprint density at radius 1 is 0.786 bits per heavy atom. The summed E-state index contributed by atoms with van der Waals surface area (Å²) < 4.78 is 0. The summed E-state index contributed by atoms with van der Waals surface area (Å²) in [7, 11) is -2.12. The van der Waals surface area contributed by atoms with Gasteiger partial charge in [-0.1, -0.05) is 13.8 Å². The average Bonchev–Trinajstić information content (AvgIpc) is 2.90. The maximum Gasteiger partial charge on any atom is 0.455 e. The molecule has 0 bridgehead atoms. The topological polar surface area (TPSA) is 80.9 Å². The van der Waals surface area contributed by atoms with Gasteiger partial charge in [0.25, 0.3) is 0 Å². The zero-order valence-electron chi connectivity index (χ0n) is 8.67. The Hall–Kier alpha value is -0.0301. The van der Waals surface area contributed by atoms with Crippen LogP contribution in [0.1, 0.15) is 26.7 Å². The van der Waals surface area contributed by atoms with Crippen molar-refractivity contribution in [1.29, 1.82) is 0 Å². The lowest BCUT2D eigenvalue weighted by atomic mass is 9.82. The van der Waals surface area contributed by atoms with E-state index in [-0.39, 0.29) is 11.6 Å². The van der Waals surface area contributed by atoms with Gasteiger partial charge >= 0.3 is 14.2 Å². The first-order chi connectivity index (χ1) is 6.43. The smallest absolute Gasteiger partial charge is 0.427 e. The van der Waals surface area contributed by atoms with Crippen LogP contribution < -0.4 is 0 Å². The van der Waals surface area contributed by atoms with E-state index in [2.05, 4.69) is 0 Å². The second-order valence-electron chi connectivity index (χ2n) is 4.58. The molecule has 2 aliphatic rings. The van der Waals surface area contributed by atoms with Crippen molar-refractivity contribution in [3.8, 4) is 0 Å². The van der Waals surface area contributed by atoms with Gasteiger partial charge in [-0.05, 0) is 36.3 Å². The van der Waals surface area contributed by atoms with Crippen molar-refractivity contribution in [3.63, 3.8) is 0 Å². The van der Waals surface area contributed by atoms with E-state index in [1.807, 2.05) is 13.8 Å². The Kier molecular flexibility index (Phi) is 4.01. The maximum absolute atomic E-state index is 8.42. The first kappa shape index (κ1) is 12.0. The van der Waals surface area contributed by atoms with Crippen LogP contribution in [0.25, 0.3) is 0 Å². The first-order valence-corrected chi connectivity index (χ1v) is 5.15. The Bertz CT molecular complexity index is 168. The second-order valence-corrected chi connectivity index (χ2v) is 4.58. The summed E-state index contributed by atoms with van der Waals surface area (Å²) in [6.45, 7) is 4.04. The van der Waals surface area contributed by atoms with E-state index in [1.54, 1.807) is 0 Å². The van der Waals surface area contributed by atoms with Gasteiger partial charge in [-0.15, -0.1) is 0 Å². The molecule has 4 N–H and O–H groups in total. The number of hydrogen-bond donors (Lipinski definition) is 4. The molecule has 0 aromatic rings. The van der Waals surface area contributed by atoms with Crippen molar-refractivity contribution in [1.82, 2.24) is 0 Å². The molecule has 6 heteroatoms. The quantitative estimate of drug-likeness (QED) is 0.462. The lowest BCUT2D eigenvalue weighted by Gasteiger charge is -1.88. The van der Waals surface area contributed by atoms with Gasteiger partial charge in [0, 0.05) is 0 Å². The highest BCUT2D eigenvalue weighted by atomic mass is 16.4. The van der Waals surface area contributed by atoms with Crippen LogP contribution >= 0.6 is 0 Å². The molecule has 80 valence electrons. The van der Waals surface area contributed by atoms with Crippen LogP contribution in [0.2, 0.25) is 11.6 Å². The minimum absolute atomic E-state index is 0.181. The zero-order valence-corrected chi connectivity index (χ0v) is 8.67. The predicted octanol–water partition coefficient (Wildman–Crippen LogP) is -0.262. The molecule has 0 amide bonds. The van der Waals surface area contributed by atoms with Crippen LogP contribution in [0.5, 0.6) is 0 Å². The van der Waals surface area contributed by atoms with E-state index in [1.165, 1.54) is 0 Å². The summed E-state index contributed by atoms with van der Waals surface area (Å²) in [5.41, 5.74) is 0. The number of hydrogen-bond acceptors (Lipinski definition) is 4. The Balaban J connectivity index is 0.000000140. The van der Waals surface area contributed by atoms with E-state index in [0.29, 0.717) is 11.8 Å². The molecule has 2 aliphatic carbocycles. The van der Waals surface area contributed by atoms with Gasteiger partial charge < -0.3 is 20.1 Å². The molecule has 4 nitrogen and oxygen atoms in total. The van der Waals surface area contributed by atoms with Crippen LogP contribution in [0.3, 0.4) is 0 Å². The molecule has 2 fully saturated rings. The molecule has 0 aromatic carbocycles. The van der Waals surface area contributed by atoms with Crippen LogP contribution in [0.4, 0.5) is 0 Å². The third-order valence-electron chi connectivity index (χ3n) is 3.11. The molecule has 0 aliphatic heterocycles. The third-order valence-corrected chi connectivity index (χ3v) is 3.11. The Labute approximate surface area is 85.3 Å². The highest BCUT2D eigenvalue weighted by Crippen LogP contribution is 2.45. The summed E-state index contributed by atoms with van der Waals surface area (Å²) in [5, 5.41) is 33.7. The first-order valence-electron chi connectivity index (χ1n) is 5.15. The molecule has 2 saturated carbocycles. The fourth-order valence-corrected chi connectivity index (χ4v) is 1.53. The Morgan fingerprint density at radius 2 is 1.00 bits per heavy atom. The average molecular weight is 200 g/mol. The van der Waals surface area contributed by atoms with Crippen molar-refractivity contribution < 1.29 is 20.1 Å². The molecule has 0 radical (unpaired) electrons. The van der Waals surface area contributed by atoms with Gasteiger partial charge in [0.2, 0.25) is 0 Å². The number of rotatable bonds is 2. The van der Waals surface area contributed by atoms with Gasteiger partial charge in [-0.3, -0.25) is 0 Å². The summed E-state index contributed by atoms with van der Waals surface area (Å²) in [4.78, 5) is 0. The summed E-state index contributed by atoms with van der Waals surface area (Å²) in [6, 6.07) is 0. The van der Waals surface area contributed by atoms with E-state index >= 15 is 0 Å². The second kappa shape index (κ2) is 4.66. The summed E-state index contributed by atoms with van der Waals surface area (Å²) >= 11 is 0. The molecule has 0 spiro atoms. The predicted molar refractivity (Wildman–Crippen MR) is 55.4 cm³/mol. The highest BCUT2D eigenvalue weighted by Gasteiger charge is 2.42. The van der Waals surface area contributed by atoms with E-state index in [9.17, 15) is 0 Å². The maximum atomic E-state index is 8.42. The summed E-state index contributed by atoms with van der Waals surface area (Å²) in [6.07, 6.45) is 1.97. The van der Waals surface area contributed by atoms with Crippen LogP contribution in [-0.4, -0.2) is 34.3 Å². The fourth-order valence-electron chi connectivity index (χ4n) is 1.53. The molecule has 2 rings (SSSR count). The molecule has 0 saturated heterocycles. The van der Waals surface area contributed by atoms with Crippen LogP contribution in [0.15, 0.2) is 0 Å². The highest BCUT2D eigenvalue weighted by molar-refractivity contribution is 6.44. The molecule has 4 atom stereocenters. The van der Waals surface area contributed by atoms with Gasteiger partial charge in [0.05, 0.1) is 0 Å². The van der Waals surface area contributed by atoms with E-state index in [0.717, 1.165) is 12.8 Å². The Morgan fingerprint density at radius 3 is 1.00 bits per heavy atom. The lowest BCUT2D eigenvalue weighted by Crippen LogP contribution is -2.10. The molecular formula is C8H18B2O4. The normalized spacial score (nSPS) is 38.1. The molecule has 0 unspecified atom stereocenters. The van der Waals surface area contributed by atoms with Crippen molar-refractivity contribution in [2.24, 2.45) is 11.8 Å². The zero-order chi connectivity index (χ0) is 10.9. The van der Waals surface area contributed by atoms with Gasteiger partial charge in [-0.2, -0.15) is 0 Å².